The summed E-state index contributed by atoms with van der Waals surface area (Å²) >= 11 is 0. The number of nitrogens with zero attached hydrogens (tertiary/aromatic N) is 2. The molecule has 3 fully saturated rings. The van der Waals surface area contributed by atoms with Crippen LogP contribution in [0.25, 0.3) is 0 Å². The molecule has 2 heterocycles. The van der Waals surface area contributed by atoms with Crippen molar-refractivity contribution in [1.82, 2.24) is 15.1 Å². The number of hydrogen-bond donors (Lipinski definition) is 2. The van der Waals surface area contributed by atoms with Gasteiger partial charge in [-0.2, -0.15) is 13.2 Å². The molecule has 0 aromatic rings. The molecular formula is C23H32F3N3O4. The van der Waals surface area contributed by atoms with Crippen LogP contribution in [0, 0.1) is 11.8 Å². The van der Waals surface area contributed by atoms with Gasteiger partial charge in [0.2, 0.25) is 0 Å². The van der Waals surface area contributed by atoms with Crippen molar-refractivity contribution < 1.29 is 32.6 Å². The van der Waals surface area contributed by atoms with Gasteiger partial charge in [-0.05, 0) is 44.1 Å². The van der Waals surface area contributed by atoms with Gasteiger partial charge >= 0.3 is 12.2 Å². The summed E-state index contributed by atoms with van der Waals surface area (Å²) in [4.78, 5) is 29.4. The van der Waals surface area contributed by atoms with Gasteiger partial charge in [0.05, 0.1) is 19.1 Å². The predicted octanol–water partition coefficient (Wildman–Crippen LogP) is 2.62. The van der Waals surface area contributed by atoms with Crippen LogP contribution in [-0.4, -0.2) is 84.1 Å². The number of carbonyl (C=O) groups is 2. The first-order chi connectivity index (χ1) is 15.7. The van der Waals surface area contributed by atoms with Crippen molar-refractivity contribution >= 4 is 11.9 Å². The second-order valence-electron chi connectivity index (χ2n) is 9.58. The lowest BCUT2D eigenvalue weighted by Gasteiger charge is -2.42. The Morgan fingerprint density at radius 2 is 1.82 bits per heavy atom. The highest BCUT2D eigenvalue weighted by molar-refractivity contribution is 5.85. The van der Waals surface area contributed by atoms with E-state index in [9.17, 15) is 27.9 Å². The summed E-state index contributed by atoms with van der Waals surface area (Å²) in [6.45, 7) is 2.56. The Kier molecular flexibility index (Phi) is 7.04. The minimum absolute atomic E-state index is 0.125. The molecule has 0 aromatic heterocycles. The number of amides is 3. The highest BCUT2D eigenvalue weighted by Crippen LogP contribution is 2.36. The number of hydrogen-bond acceptors (Lipinski definition) is 4. The van der Waals surface area contributed by atoms with Gasteiger partial charge < -0.3 is 25.0 Å². The molecule has 184 valence electrons. The molecule has 4 rings (SSSR count). The number of aliphatic hydroxyl groups is 1. The van der Waals surface area contributed by atoms with Crippen molar-refractivity contribution in [3.05, 3.63) is 23.8 Å². The van der Waals surface area contributed by atoms with Crippen molar-refractivity contribution in [2.45, 2.75) is 56.3 Å². The zero-order chi connectivity index (χ0) is 23.6. The first kappa shape index (κ1) is 24.1. The highest BCUT2D eigenvalue weighted by Gasteiger charge is 2.42. The van der Waals surface area contributed by atoms with Crippen LogP contribution in [-0.2, 0) is 9.53 Å². The number of carbonyl (C=O) groups excluding carboxylic acids is 2. The zero-order valence-electron chi connectivity index (χ0n) is 18.6. The number of halogens is 3. The number of nitrogens with one attached hydrogen (secondary N) is 1. The predicted molar refractivity (Wildman–Crippen MR) is 114 cm³/mol. The summed E-state index contributed by atoms with van der Waals surface area (Å²) in [6, 6.07) is -0.545. The van der Waals surface area contributed by atoms with E-state index in [2.05, 4.69) is 5.32 Å². The van der Waals surface area contributed by atoms with Crippen LogP contribution in [0.2, 0.25) is 0 Å². The molecule has 2 aliphatic carbocycles. The number of piperidine rings is 1. The van der Waals surface area contributed by atoms with Gasteiger partial charge in [-0.15, -0.1) is 0 Å². The third-order valence-corrected chi connectivity index (χ3v) is 7.21. The van der Waals surface area contributed by atoms with Crippen LogP contribution >= 0.6 is 0 Å². The van der Waals surface area contributed by atoms with Gasteiger partial charge in [0, 0.05) is 38.1 Å². The van der Waals surface area contributed by atoms with Crippen molar-refractivity contribution in [3.8, 4) is 0 Å². The van der Waals surface area contributed by atoms with E-state index in [0.29, 0.717) is 58.7 Å². The molecule has 0 aromatic carbocycles. The molecule has 2 saturated heterocycles. The van der Waals surface area contributed by atoms with E-state index in [1.54, 1.807) is 15.9 Å². The molecule has 10 heteroatoms. The molecular weight excluding hydrogens is 439 g/mol. The highest BCUT2D eigenvalue weighted by atomic mass is 19.4. The van der Waals surface area contributed by atoms with E-state index in [4.69, 9.17) is 4.74 Å². The lowest BCUT2D eigenvalue weighted by molar-refractivity contribution is -0.160. The largest absolute Gasteiger partial charge is 0.395 e. The van der Waals surface area contributed by atoms with E-state index in [1.807, 2.05) is 0 Å². The minimum Gasteiger partial charge on any atom is -0.380 e. The molecule has 0 spiro atoms. The summed E-state index contributed by atoms with van der Waals surface area (Å²) < 4.78 is 44.5. The normalized spacial score (nSPS) is 30.2. The molecule has 1 saturated carbocycles. The zero-order valence-corrected chi connectivity index (χ0v) is 18.6. The molecule has 2 aliphatic heterocycles. The Hall–Kier alpha value is -2.07. The summed E-state index contributed by atoms with van der Waals surface area (Å²) in [5.74, 6) is -2.12. The summed E-state index contributed by atoms with van der Waals surface area (Å²) in [7, 11) is 0. The first-order valence-corrected chi connectivity index (χ1v) is 11.8. The maximum atomic E-state index is 13.2. The average Bonchev–Trinajstić information content (AvgIpc) is 3.26. The van der Waals surface area contributed by atoms with Gasteiger partial charge in [-0.1, -0.05) is 18.2 Å². The first-order valence-electron chi connectivity index (χ1n) is 11.8. The van der Waals surface area contributed by atoms with Crippen molar-refractivity contribution in [2.24, 2.45) is 11.8 Å². The topological polar surface area (TPSA) is 82.1 Å². The van der Waals surface area contributed by atoms with Gasteiger partial charge in [-0.25, -0.2) is 4.79 Å². The Morgan fingerprint density at radius 3 is 2.42 bits per heavy atom. The average molecular weight is 472 g/mol. The van der Waals surface area contributed by atoms with Gasteiger partial charge in [0.25, 0.3) is 5.91 Å². The molecule has 7 nitrogen and oxygen atoms in total. The Balaban J connectivity index is 1.48. The fourth-order valence-corrected chi connectivity index (χ4v) is 5.25. The Bertz CT molecular complexity index is 801. The van der Waals surface area contributed by atoms with Crippen LogP contribution in [0.3, 0.4) is 0 Å². The van der Waals surface area contributed by atoms with Gasteiger partial charge in [0.1, 0.15) is 5.60 Å². The summed E-state index contributed by atoms with van der Waals surface area (Å²) in [6.07, 6.45) is 2.81. The standard InChI is InChI=1S/C23H32F3N3O4/c24-23(25,26)18-5-3-16(4-6-18)17-13-19(27-20(30)22(32)7-1-2-8-22)15-29(14-17)21(31)28-9-11-33-12-10-28/h3-5,17-19,32H,1-2,6-15H2,(H,27,30). The number of ether oxygens (including phenoxy) is 1. The maximum absolute atomic E-state index is 13.2. The third kappa shape index (κ3) is 5.54. The van der Waals surface area contributed by atoms with E-state index < -0.39 is 23.6 Å². The van der Waals surface area contributed by atoms with Crippen LogP contribution < -0.4 is 5.32 Å². The second kappa shape index (κ2) is 9.66. The minimum atomic E-state index is -4.28. The van der Waals surface area contributed by atoms with E-state index in [1.165, 1.54) is 12.2 Å². The van der Waals surface area contributed by atoms with E-state index >= 15 is 0 Å². The lowest BCUT2D eigenvalue weighted by atomic mass is 9.83. The molecule has 33 heavy (non-hydrogen) atoms. The molecule has 3 unspecified atom stereocenters. The smallest absolute Gasteiger partial charge is 0.380 e. The van der Waals surface area contributed by atoms with Gasteiger partial charge in [-0.3, -0.25) is 4.79 Å². The van der Waals surface area contributed by atoms with Crippen molar-refractivity contribution in [1.29, 1.82) is 0 Å². The third-order valence-electron chi connectivity index (χ3n) is 7.21. The van der Waals surface area contributed by atoms with Gasteiger partial charge in [0.15, 0.2) is 0 Å². The number of allylic oxidation sites excluding steroid dienone is 3. The Morgan fingerprint density at radius 1 is 1.12 bits per heavy atom. The Labute approximate surface area is 191 Å². The molecule has 3 amide bonds. The lowest BCUT2D eigenvalue weighted by Crippen LogP contribution is -2.59. The van der Waals surface area contributed by atoms with Crippen molar-refractivity contribution in [2.75, 3.05) is 39.4 Å². The number of rotatable bonds is 3. The molecule has 0 bridgehead atoms. The fraction of sp³-hybridized carbons (Fsp3) is 0.739. The molecule has 3 atom stereocenters. The number of alkyl halides is 3. The SMILES string of the molecule is O=C(N1CCOCC1)N1CC(NC(=O)C2(O)CCCC2)CC(C2=CCC(C(F)(F)F)C=C2)C1. The molecule has 4 aliphatic rings. The van der Waals surface area contributed by atoms with Crippen molar-refractivity contribution in [3.63, 3.8) is 0 Å². The molecule has 2 N–H and O–H groups in total. The van der Waals surface area contributed by atoms with Crippen LogP contribution in [0.15, 0.2) is 23.8 Å². The van der Waals surface area contributed by atoms with Crippen LogP contribution in [0.4, 0.5) is 18.0 Å². The number of urea groups is 1. The fourth-order valence-electron chi connectivity index (χ4n) is 5.25. The molecule has 0 radical (unpaired) electrons. The van der Waals surface area contributed by atoms with Crippen LogP contribution in [0.5, 0.6) is 0 Å². The second-order valence-corrected chi connectivity index (χ2v) is 9.58. The summed E-state index contributed by atoms with van der Waals surface area (Å²) in [5.41, 5.74) is -0.621. The maximum Gasteiger partial charge on any atom is 0.395 e. The quantitative estimate of drug-likeness (QED) is 0.663. The van der Waals surface area contributed by atoms with E-state index in [-0.39, 0.29) is 24.4 Å². The number of likely N-dealkylation sites (tertiary alicyclic amines) is 1. The van der Waals surface area contributed by atoms with Crippen LogP contribution in [0.1, 0.15) is 38.5 Å². The monoisotopic (exact) mass is 471 g/mol. The van der Waals surface area contributed by atoms with E-state index in [0.717, 1.165) is 18.4 Å². The summed E-state index contributed by atoms with van der Waals surface area (Å²) in [5, 5.41) is 13.6. The number of morpholine rings is 1.